The molecule has 0 amide bonds. The van der Waals surface area contributed by atoms with E-state index in [1.165, 1.54) is 0 Å². The molecule has 0 radical (unpaired) electrons. The molecule has 3 N–H and O–H groups in total. The molecule has 0 heterocycles. The molecule has 0 spiro atoms. The predicted molar refractivity (Wildman–Crippen MR) is 44.8 cm³/mol. The van der Waals surface area contributed by atoms with Crippen LogP contribution >= 0.6 is 0 Å². The molecule has 0 bridgehead atoms. The molecular weight excluding hydrogens is 178 g/mol. The summed E-state index contributed by atoms with van der Waals surface area (Å²) in [6.07, 6.45) is 0. The normalized spacial score (nSPS) is 8.62. The number of nitrogens with zero attached hydrogens (tertiary/aromatic N) is 2. The smallest absolute Gasteiger partial charge is 0.269 e. The zero-order valence-electron chi connectivity index (χ0n) is 6.54. The SMILES string of the molecule is N.O=[N+]([O-])c1ccc([N+](=O)[O-])cc1. The molecule has 0 aliphatic rings. The highest BCUT2D eigenvalue weighted by Gasteiger charge is 2.08. The molecule has 7 nitrogen and oxygen atoms in total. The number of non-ortho nitro benzene ring substituents is 2. The van der Waals surface area contributed by atoms with Gasteiger partial charge >= 0.3 is 0 Å². The third kappa shape index (κ3) is 2.49. The van der Waals surface area contributed by atoms with E-state index in [4.69, 9.17) is 0 Å². The first-order chi connectivity index (χ1) is 5.61. The van der Waals surface area contributed by atoms with Crippen molar-refractivity contribution >= 4 is 11.4 Å². The molecule has 0 aliphatic carbocycles. The van der Waals surface area contributed by atoms with Gasteiger partial charge in [-0.15, -0.1) is 0 Å². The molecule has 0 aromatic heterocycles. The molecule has 0 fully saturated rings. The number of nitro groups is 2. The van der Waals surface area contributed by atoms with Crippen molar-refractivity contribution < 1.29 is 9.85 Å². The van der Waals surface area contributed by atoms with Crippen LogP contribution in [0.25, 0.3) is 0 Å². The van der Waals surface area contributed by atoms with Gasteiger partial charge in [0.25, 0.3) is 11.4 Å². The Hall–Kier alpha value is -2.02. The number of hydrogen-bond acceptors (Lipinski definition) is 5. The second-order valence-corrected chi connectivity index (χ2v) is 2.03. The van der Waals surface area contributed by atoms with Gasteiger partial charge in [0.2, 0.25) is 0 Å². The summed E-state index contributed by atoms with van der Waals surface area (Å²) in [6, 6.07) is 4.38. The van der Waals surface area contributed by atoms with Crippen molar-refractivity contribution in [2.75, 3.05) is 0 Å². The lowest BCUT2D eigenvalue weighted by atomic mass is 10.3. The average molecular weight is 185 g/mol. The molecular formula is C6H7N3O4. The van der Waals surface area contributed by atoms with Crippen LogP contribution in [0.5, 0.6) is 0 Å². The summed E-state index contributed by atoms with van der Waals surface area (Å²) >= 11 is 0. The quantitative estimate of drug-likeness (QED) is 0.554. The summed E-state index contributed by atoms with van der Waals surface area (Å²) in [5, 5.41) is 20.2. The van der Waals surface area contributed by atoms with Gasteiger partial charge < -0.3 is 6.15 Å². The minimum absolute atomic E-state index is 0. The van der Waals surface area contributed by atoms with E-state index in [0.29, 0.717) is 0 Å². The maximum Gasteiger partial charge on any atom is 0.269 e. The van der Waals surface area contributed by atoms with Crippen molar-refractivity contribution in [1.82, 2.24) is 6.15 Å². The van der Waals surface area contributed by atoms with Crippen molar-refractivity contribution in [2.45, 2.75) is 0 Å². The van der Waals surface area contributed by atoms with Gasteiger partial charge in [0, 0.05) is 24.3 Å². The highest BCUT2D eigenvalue weighted by atomic mass is 16.6. The van der Waals surface area contributed by atoms with Crippen molar-refractivity contribution in [3.8, 4) is 0 Å². The maximum absolute atomic E-state index is 10.1. The zero-order chi connectivity index (χ0) is 9.14. The maximum atomic E-state index is 10.1. The molecule has 13 heavy (non-hydrogen) atoms. The van der Waals surface area contributed by atoms with Crippen LogP contribution in [0.15, 0.2) is 24.3 Å². The van der Waals surface area contributed by atoms with Crippen LogP contribution in [-0.4, -0.2) is 9.85 Å². The van der Waals surface area contributed by atoms with Gasteiger partial charge in [0.05, 0.1) is 9.85 Å². The van der Waals surface area contributed by atoms with Crippen LogP contribution in [0.3, 0.4) is 0 Å². The van der Waals surface area contributed by atoms with E-state index >= 15 is 0 Å². The van der Waals surface area contributed by atoms with Gasteiger partial charge in [0.15, 0.2) is 0 Å². The number of hydrogen-bond donors (Lipinski definition) is 1. The Bertz CT molecular complexity index is 288. The Balaban J connectivity index is 0.00000144. The molecule has 1 aromatic rings. The monoisotopic (exact) mass is 185 g/mol. The van der Waals surface area contributed by atoms with E-state index in [9.17, 15) is 20.2 Å². The van der Waals surface area contributed by atoms with Crippen LogP contribution in [0.4, 0.5) is 11.4 Å². The lowest BCUT2D eigenvalue weighted by molar-refractivity contribution is -0.389. The van der Waals surface area contributed by atoms with Gasteiger partial charge in [-0.2, -0.15) is 0 Å². The third-order valence-electron chi connectivity index (χ3n) is 1.27. The highest BCUT2D eigenvalue weighted by molar-refractivity contribution is 5.39. The Morgan fingerprint density at radius 3 is 1.23 bits per heavy atom. The summed E-state index contributed by atoms with van der Waals surface area (Å²) in [5.41, 5.74) is -0.304. The van der Waals surface area contributed by atoms with Crippen molar-refractivity contribution in [2.24, 2.45) is 0 Å². The Morgan fingerprint density at radius 1 is 0.846 bits per heavy atom. The van der Waals surface area contributed by atoms with E-state index < -0.39 is 9.85 Å². The highest BCUT2D eigenvalue weighted by Crippen LogP contribution is 2.16. The third-order valence-corrected chi connectivity index (χ3v) is 1.27. The molecule has 0 saturated carbocycles. The van der Waals surface area contributed by atoms with Crippen molar-refractivity contribution in [3.63, 3.8) is 0 Å². The summed E-state index contributed by atoms with van der Waals surface area (Å²) in [4.78, 5) is 19.0. The van der Waals surface area contributed by atoms with Gasteiger partial charge in [-0.05, 0) is 0 Å². The van der Waals surface area contributed by atoms with E-state index in [-0.39, 0.29) is 17.5 Å². The van der Waals surface area contributed by atoms with Crippen molar-refractivity contribution in [1.29, 1.82) is 0 Å². The predicted octanol–water partition coefficient (Wildman–Crippen LogP) is 1.66. The number of rotatable bonds is 2. The van der Waals surface area contributed by atoms with E-state index in [0.717, 1.165) is 24.3 Å². The number of benzene rings is 1. The van der Waals surface area contributed by atoms with Crippen LogP contribution < -0.4 is 6.15 Å². The zero-order valence-corrected chi connectivity index (χ0v) is 6.54. The average Bonchev–Trinajstić information content (AvgIpc) is 2.04. The molecule has 7 heteroatoms. The first-order valence-electron chi connectivity index (χ1n) is 3.00. The fourth-order valence-corrected chi connectivity index (χ4v) is 0.696. The minimum atomic E-state index is -0.607. The molecule has 1 rings (SSSR count). The summed E-state index contributed by atoms with van der Waals surface area (Å²) in [7, 11) is 0. The fraction of sp³-hybridized carbons (Fsp3) is 0. The van der Waals surface area contributed by atoms with Crippen molar-refractivity contribution in [3.05, 3.63) is 44.5 Å². The molecule has 0 saturated heterocycles. The van der Waals surface area contributed by atoms with Gasteiger partial charge in [-0.3, -0.25) is 20.2 Å². The van der Waals surface area contributed by atoms with Gasteiger partial charge in [-0.25, -0.2) is 0 Å². The molecule has 0 aliphatic heterocycles. The van der Waals surface area contributed by atoms with E-state index in [2.05, 4.69) is 0 Å². The van der Waals surface area contributed by atoms with Crippen LogP contribution in [0, 0.1) is 20.2 Å². The van der Waals surface area contributed by atoms with Crippen LogP contribution in [0.2, 0.25) is 0 Å². The largest absolute Gasteiger partial charge is 0.344 e. The molecule has 0 atom stereocenters. The summed E-state index contributed by atoms with van der Waals surface area (Å²) in [6.45, 7) is 0. The fourth-order valence-electron chi connectivity index (χ4n) is 0.696. The van der Waals surface area contributed by atoms with Gasteiger partial charge in [-0.1, -0.05) is 0 Å². The van der Waals surface area contributed by atoms with Crippen LogP contribution in [0.1, 0.15) is 0 Å². The minimum Gasteiger partial charge on any atom is -0.344 e. The number of nitro benzene ring substituents is 2. The lowest BCUT2D eigenvalue weighted by Gasteiger charge is -1.90. The Morgan fingerprint density at radius 2 is 1.08 bits per heavy atom. The summed E-state index contributed by atoms with van der Waals surface area (Å²) in [5.74, 6) is 0. The van der Waals surface area contributed by atoms with Crippen LogP contribution in [-0.2, 0) is 0 Å². The lowest BCUT2D eigenvalue weighted by Crippen LogP contribution is -1.90. The Kier molecular flexibility index (Phi) is 3.48. The molecule has 70 valence electrons. The summed E-state index contributed by atoms with van der Waals surface area (Å²) < 4.78 is 0. The molecule has 1 aromatic carbocycles. The Labute approximate surface area is 72.9 Å². The van der Waals surface area contributed by atoms with E-state index in [1.807, 2.05) is 0 Å². The standard InChI is InChI=1S/C6H4N2O4.H3N/c9-7(10)5-1-2-6(4-3-5)8(11)12;/h1-4H;1H3. The second-order valence-electron chi connectivity index (χ2n) is 2.03. The first-order valence-corrected chi connectivity index (χ1v) is 3.00. The van der Waals surface area contributed by atoms with E-state index in [1.54, 1.807) is 0 Å². The second kappa shape index (κ2) is 4.12. The first kappa shape index (κ1) is 11.0. The topological polar surface area (TPSA) is 121 Å². The van der Waals surface area contributed by atoms with Gasteiger partial charge in [0.1, 0.15) is 0 Å². The molecule has 0 unspecified atom stereocenters.